The van der Waals surface area contributed by atoms with Crippen molar-refractivity contribution in [2.24, 2.45) is 0 Å². The van der Waals surface area contributed by atoms with Crippen LogP contribution in [0.4, 0.5) is 30.4 Å². The number of halogens is 4. The molecule has 0 atom stereocenters. The van der Waals surface area contributed by atoms with Gasteiger partial charge in [-0.1, -0.05) is 0 Å². The zero-order chi connectivity index (χ0) is 27.7. The minimum absolute atomic E-state index is 0.0804. The molecular weight excluding hydrogens is 583 g/mol. The minimum Gasteiger partial charge on any atom is -0.381 e. The Morgan fingerprint density at radius 2 is 1.85 bits per heavy atom. The quantitative estimate of drug-likeness (QED) is 0.424. The summed E-state index contributed by atoms with van der Waals surface area (Å²) in [6.07, 6.45) is -4.71. The molecule has 1 aromatic carbocycles. The SMILES string of the molecule is CN1CCN(c2ccc(C(=O)Nc3n[nH]c4ccc(Br)nc34)c(N(C(=O)C(F)(F)F)C3CCOCC3)c2)CC1. The van der Waals surface area contributed by atoms with Crippen molar-refractivity contribution in [3.8, 4) is 0 Å². The fraction of sp³-hybridized carbons (Fsp3) is 0.440. The largest absolute Gasteiger partial charge is 0.471 e. The number of aromatic nitrogens is 3. The highest BCUT2D eigenvalue weighted by atomic mass is 79.9. The third kappa shape index (κ3) is 5.87. The van der Waals surface area contributed by atoms with Crippen LogP contribution in [-0.2, 0) is 9.53 Å². The van der Waals surface area contributed by atoms with Crippen LogP contribution in [0.15, 0.2) is 34.9 Å². The van der Waals surface area contributed by atoms with Gasteiger partial charge in [-0.2, -0.15) is 18.3 Å². The Kier molecular flexibility index (Phi) is 7.78. The number of fused-ring (bicyclic) bond motifs is 1. The van der Waals surface area contributed by atoms with Gasteiger partial charge in [-0.3, -0.25) is 14.7 Å². The second-order valence-electron chi connectivity index (χ2n) is 9.56. The van der Waals surface area contributed by atoms with Crippen LogP contribution >= 0.6 is 15.9 Å². The zero-order valence-electron chi connectivity index (χ0n) is 21.1. The Labute approximate surface area is 230 Å². The molecule has 2 aromatic heterocycles. The highest BCUT2D eigenvalue weighted by molar-refractivity contribution is 9.10. The number of rotatable bonds is 5. The predicted octanol–water partition coefficient (Wildman–Crippen LogP) is 3.80. The number of benzene rings is 1. The van der Waals surface area contributed by atoms with E-state index in [1.807, 2.05) is 11.9 Å². The number of hydrogen-bond acceptors (Lipinski definition) is 7. The molecule has 4 heterocycles. The molecule has 0 unspecified atom stereocenters. The minimum atomic E-state index is -5.13. The lowest BCUT2D eigenvalue weighted by Crippen LogP contribution is -2.50. The standard InChI is InChI=1S/C25H27BrF3N7O3/c1-34-8-10-35(11-9-34)16-2-3-17(23(37)31-22-21-18(32-33-22)4-5-20(26)30-21)19(14-16)36(24(38)25(27,28)29)15-6-12-39-13-7-15/h2-5,14-15H,6-13H2,1H3,(H2,31,32,33,37). The Morgan fingerprint density at radius 3 is 2.54 bits per heavy atom. The lowest BCUT2D eigenvalue weighted by atomic mass is 10.0. The zero-order valence-corrected chi connectivity index (χ0v) is 22.7. The van der Waals surface area contributed by atoms with Crippen LogP contribution in [0.2, 0.25) is 0 Å². The monoisotopic (exact) mass is 609 g/mol. The van der Waals surface area contributed by atoms with Gasteiger partial charge in [0.1, 0.15) is 10.1 Å². The summed E-state index contributed by atoms with van der Waals surface area (Å²) >= 11 is 3.29. The van der Waals surface area contributed by atoms with Crippen molar-refractivity contribution in [3.05, 3.63) is 40.5 Å². The lowest BCUT2D eigenvalue weighted by molar-refractivity contribution is -0.171. The average Bonchev–Trinajstić information content (AvgIpc) is 3.30. The van der Waals surface area contributed by atoms with Crippen molar-refractivity contribution in [1.82, 2.24) is 20.1 Å². The smallest absolute Gasteiger partial charge is 0.381 e. The number of amides is 2. The first-order valence-corrected chi connectivity index (χ1v) is 13.3. The number of aromatic amines is 1. The number of carbonyl (C=O) groups excluding carboxylic acids is 2. The van der Waals surface area contributed by atoms with E-state index in [-0.39, 0.29) is 43.1 Å². The van der Waals surface area contributed by atoms with Crippen molar-refractivity contribution in [2.75, 3.05) is 61.6 Å². The molecule has 0 bridgehead atoms. The van der Waals surface area contributed by atoms with Gasteiger partial charge in [0.15, 0.2) is 5.82 Å². The van der Waals surface area contributed by atoms with Gasteiger partial charge in [0.25, 0.3) is 5.91 Å². The molecule has 3 aromatic rings. The number of likely N-dealkylation sites (N-methyl/N-ethyl adjacent to an activating group) is 1. The number of H-pyrrole nitrogens is 1. The van der Waals surface area contributed by atoms with Crippen LogP contribution in [0.25, 0.3) is 11.0 Å². The third-order valence-electron chi connectivity index (χ3n) is 6.98. The summed E-state index contributed by atoms with van der Waals surface area (Å²) in [4.78, 5) is 35.7. The number of pyridine rings is 1. The molecule has 2 aliphatic heterocycles. The molecule has 2 amide bonds. The second kappa shape index (κ2) is 11.1. The van der Waals surface area contributed by atoms with Gasteiger partial charge in [-0.05, 0) is 66.2 Å². The summed E-state index contributed by atoms with van der Waals surface area (Å²) in [6, 6.07) is 7.31. The molecule has 2 fully saturated rings. The summed E-state index contributed by atoms with van der Waals surface area (Å²) in [6.45, 7) is 3.30. The van der Waals surface area contributed by atoms with Gasteiger partial charge in [-0.25, -0.2) is 4.98 Å². The Morgan fingerprint density at radius 1 is 1.13 bits per heavy atom. The molecule has 10 nitrogen and oxygen atoms in total. The van der Waals surface area contributed by atoms with Gasteiger partial charge in [0, 0.05) is 51.1 Å². The van der Waals surface area contributed by atoms with Crippen molar-refractivity contribution in [1.29, 1.82) is 0 Å². The normalized spacial score (nSPS) is 17.4. The topological polar surface area (TPSA) is 107 Å². The van der Waals surface area contributed by atoms with Gasteiger partial charge < -0.3 is 24.8 Å². The van der Waals surface area contributed by atoms with E-state index in [0.29, 0.717) is 34.4 Å². The molecule has 0 radical (unpaired) electrons. The molecule has 2 saturated heterocycles. The molecule has 0 spiro atoms. The number of piperazine rings is 1. The van der Waals surface area contributed by atoms with E-state index in [4.69, 9.17) is 4.74 Å². The maximum absolute atomic E-state index is 13.9. The molecule has 39 heavy (non-hydrogen) atoms. The first kappa shape index (κ1) is 27.3. The Balaban J connectivity index is 1.58. The van der Waals surface area contributed by atoms with Crippen LogP contribution < -0.4 is 15.1 Å². The van der Waals surface area contributed by atoms with Gasteiger partial charge in [0.05, 0.1) is 16.8 Å². The van der Waals surface area contributed by atoms with E-state index in [1.165, 1.54) is 12.1 Å². The molecule has 0 saturated carbocycles. The van der Waals surface area contributed by atoms with E-state index in [1.54, 1.807) is 18.2 Å². The summed E-state index contributed by atoms with van der Waals surface area (Å²) in [5.41, 5.74) is 1.39. The summed E-state index contributed by atoms with van der Waals surface area (Å²) < 4.78 is 47.6. The summed E-state index contributed by atoms with van der Waals surface area (Å²) in [5, 5.41) is 9.54. The number of anilines is 3. The molecular formula is C25H27BrF3N7O3. The number of nitrogens with one attached hydrogen (secondary N) is 2. The lowest BCUT2D eigenvalue weighted by Gasteiger charge is -2.37. The van der Waals surface area contributed by atoms with Crippen molar-refractivity contribution in [2.45, 2.75) is 25.1 Å². The van der Waals surface area contributed by atoms with Gasteiger partial charge in [0.2, 0.25) is 0 Å². The van der Waals surface area contributed by atoms with Crippen molar-refractivity contribution >= 4 is 56.0 Å². The Hall–Kier alpha value is -3.23. The Bertz CT molecular complexity index is 1370. The molecule has 208 valence electrons. The van der Waals surface area contributed by atoms with E-state index in [9.17, 15) is 22.8 Å². The van der Waals surface area contributed by atoms with Crippen molar-refractivity contribution < 1.29 is 27.5 Å². The average molecular weight is 610 g/mol. The fourth-order valence-corrected chi connectivity index (χ4v) is 5.17. The van der Waals surface area contributed by atoms with Crippen LogP contribution in [0.5, 0.6) is 0 Å². The van der Waals surface area contributed by atoms with Crippen LogP contribution in [0.3, 0.4) is 0 Å². The summed E-state index contributed by atoms with van der Waals surface area (Å²) in [5.74, 6) is -2.61. The number of hydrogen-bond donors (Lipinski definition) is 2. The van der Waals surface area contributed by atoms with Crippen LogP contribution in [0, 0.1) is 0 Å². The van der Waals surface area contributed by atoms with Gasteiger partial charge >= 0.3 is 12.1 Å². The number of nitrogens with zero attached hydrogens (tertiary/aromatic N) is 5. The number of ether oxygens (including phenoxy) is 1. The van der Waals surface area contributed by atoms with E-state index in [0.717, 1.165) is 18.0 Å². The maximum Gasteiger partial charge on any atom is 0.471 e. The predicted molar refractivity (Wildman–Crippen MR) is 143 cm³/mol. The number of carbonyl (C=O) groups is 2. The first-order chi connectivity index (χ1) is 18.6. The second-order valence-corrected chi connectivity index (χ2v) is 10.4. The first-order valence-electron chi connectivity index (χ1n) is 12.5. The molecule has 5 rings (SSSR count). The molecule has 0 aliphatic carbocycles. The van der Waals surface area contributed by atoms with E-state index >= 15 is 0 Å². The van der Waals surface area contributed by atoms with Crippen LogP contribution in [-0.4, -0.2) is 90.6 Å². The molecule has 2 aliphatic rings. The maximum atomic E-state index is 13.9. The van der Waals surface area contributed by atoms with Crippen LogP contribution in [0.1, 0.15) is 23.2 Å². The van der Waals surface area contributed by atoms with Gasteiger partial charge in [-0.15, -0.1) is 0 Å². The third-order valence-corrected chi connectivity index (χ3v) is 7.42. The summed E-state index contributed by atoms with van der Waals surface area (Å²) in [7, 11) is 2.00. The highest BCUT2D eigenvalue weighted by Gasteiger charge is 2.46. The van der Waals surface area contributed by atoms with E-state index in [2.05, 4.69) is 41.3 Å². The highest BCUT2D eigenvalue weighted by Crippen LogP contribution is 2.35. The molecule has 14 heteroatoms. The number of alkyl halides is 3. The fourth-order valence-electron chi connectivity index (χ4n) is 4.86. The van der Waals surface area contributed by atoms with Crippen molar-refractivity contribution in [3.63, 3.8) is 0 Å². The van der Waals surface area contributed by atoms with E-state index < -0.39 is 24.0 Å². The molecule has 2 N–H and O–H groups in total.